The molecule has 1 atom stereocenters. The van der Waals surface area contributed by atoms with Gasteiger partial charge in [0, 0.05) is 11.9 Å². The molecule has 0 spiro atoms. The number of nitrogens with zero attached hydrogens (tertiary/aromatic N) is 1. The molecule has 0 radical (unpaired) electrons. The van der Waals surface area contributed by atoms with Crippen LogP contribution in [0, 0.1) is 0 Å². The monoisotopic (exact) mass is 241 g/mol. The third-order valence-electron chi connectivity index (χ3n) is 2.68. The van der Waals surface area contributed by atoms with Gasteiger partial charge in [0.15, 0.2) is 0 Å². The van der Waals surface area contributed by atoms with E-state index in [1.807, 2.05) is 25.1 Å². The number of carbonyl (C=O) groups excluding carboxylic acids is 1. The van der Waals surface area contributed by atoms with Gasteiger partial charge in [-0.3, -0.25) is 9.78 Å². The van der Waals surface area contributed by atoms with Crippen LogP contribution in [0.5, 0.6) is 0 Å². The van der Waals surface area contributed by atoms with Gasteiger partial charge in [-0.05, 0) is 31.2 Å². The maximum absolute atomic E-state index is 12.0. The Bertz CT molecular complexity index is 540. The average Bonchev–Trinajstić information content (AvgIpc) is 2.40. The number of benzene rings is 1. The van der Waals surface area contributed by atoms with E-state index in [9.17, 15) is 4.79 Å². The molecule has 1 amide bonds. The normalized spacial score (nSPS) is 11.8. The van der Waals surface area contributed by atoms with E-state index in [1.165, 1.54) is 0 Å². The minimum atomic E-state index is -0.189. The third-order valence-corrected chi connectivity index (χ3v) is 2.68. The van der Waals surface area contributed by atoms with Crippen LogP contribution >= 0.6 is 0 Å². The summed E-state index contributed by atoms with van der Waals surface area (Å²) in [5.74, 6) is -0.189. The minimum absolute atomic E-state index is 0.154. The molecule has 1 aromatic heterocycles. The van der Waals surface area contributed by atoms with Crippen LogP contribution in [0.4, 0.5) is 5.69 Å². The van der Waals surface area contributed by atoms with Crippen molar-refractivity contribution in [1.29, 1.82) is 0 Å². The average molecular weight is 241 g/mol. The summed E-state index contributed by atoms with van der Waals surface area (Å²) in [6.07, 6.45) is 1.70. The van der Waals surface area contributed by atoms with Crippen molar-refractivity contribution in [3.05, 3.63) is 59.9 Å². The van der Waals surface area contributed by atoms with E-state index in [4.69, 9.17) is 5.73 Å². The van der Waals surface area contributed by atoms with Crippen molar-refractivity contribution >= 4 is 11.6 Å². The van der Waals surface area contributed by atoms with Gasteiger partial charge >= 0.3 is 0 Å². The molecule has 0 aliphatic rings. The molecular formula is C14H15N3O. The Labute approximate surface area is 106 Å². The van der Waals surface area contributed by atoms with Crippen LogP contribution in [0.3, 0.4) is 0 Å². The Hall–Kier alpha value is -2.36. The molecule has 18 heavy (non-hydrogen) atoms. The Kier molecular flexibility index (Phi) is 3.57. The second-order valence-corrected chi connectivity index (χ2v) is 4.04. The van der Waals surface area contributed by atoms with Gasteiger partial charge in [-0.2, -0.15) is 0 Å². The highest BCUT2D eigenvalue weighted by Crippen LogP contribution is 2.13. The van der Waals surface area contributed by atoms with E-state index in [2.05, 4.69) is 10.3 Å². The highest BCUT2D eigenvalue weighted by Gasteiger charge is 2.13. The first-order chi connectivity index (χ1) is 8.68. The zero-order valence-corrected chi connectivity index (χ0v) is 10.1. The Morgan fingerprint density at radius 3 is 2.61 bits per heavy atom. The van der Waals surface area contributed by atoms with Gasteiger partial charge in [-0.25, -0.2) is 0 Å². The highest BCUT2D eigenvalue weighted by atomic mass is 16.1. The van der Waals surface area contributed by atoms with E-state index >= 15 is 0 Å². The van der Waals surface area contributed by atoms with E-state index < -0.39 is 0 Å². The van der Waals surface area contributed by atoms with Gasteiger partial charge in [0.2, 0.25) is 0 Å². The summed E-state index contributed by atoms with van der Waals surface area (Å²) in [5, 5.41) is 2.87. The number of rotatable bonds is 3. The van der Waals surface area contributed by atoms with Crippen LogP contribution in [-0.4, -0.2) is 10.9 Å². The molecule has 0 aliphatic carbocycles. The van der Waals surface area contributed by atoms with Crippen LogP contribution in [0.25, 0.3) is 0 Å². The van der Waals surface area contributed by atoms with Gasteiger partial charge < -0.3 is 11.1 Å². The molecule has 0 unspecified atom stereocenters. The molecule has 0 saturated carbocycles. The molecule has 0 aliphatic heterocycles. The number of pyridine rings is 1. The summed E-state index contributed by atoms with van der Waals surface area (Å²) >= 11 is 0. The molecule has 4 nitrogen and oxygen atoms in total. The van der Waals surface area contributed by atoms with Crippen LogP contribution < -0.4 is 11.1 Å². The fraction of sp³-hybridized carbons (Fsp3) is 0.143. The molecular weight excluding hydrogens is 226 g/mol. The maximum Gasteiger partial charge on any atom is 0.253 e. The Morgan fingerprint density at radius 1 is 1.22 bits per heavy atom. The van der Waals surface area contributed by atoms with Gasteiger partial charge in [0.1, 0.15) is 0 Å². The van der Waals surface area contributed by atoms with Crippen LogP contribution in [-0.2, 0) is 0 Å². The first-order valence-corrected chi connectivity index (χ1v) is 5.75. The summed E-state index contributed by atoms with van der Waals surface area (Å²) in [6.45, 7) is 1.89. The van der Waals surface area contributed by atoms with Crippen LogP contribution in [0.2, 0.25) is 0 Å². The second-order valence-electron chi connectivity index (χ2n) is 4.04. The van der Waals surface area contributed by atoms with Gasteiger partial charge in [-0.1, -0.05) is 18.2 Å². The summed E-state index contributed by atoms with van der Waals surface area (Å²) < 4.78 is 0. The van der Waals surface area contributed by atoms with E-state index in [0.717, 1.165) is 5.69 Å². The summed E-state index contributed by atoms with van der Waals surface area (Å²) in [6, 6.07) is 12.5. The van der Waals surface area contributed by atoms with E-state index in [1.54, 1.807) is 30.5 Å². The molecule has 2 aromatic rings. The molecule has 0 bridgehead atoms. The van der Waals surface area contributed by atoms with E-state index in [-0.39, 0.29) is 11.9 Å². The maximum atomic E-state index is 12.0. The topological polar surface area (TPSA) is 68.0 Å². The summed E-state index contributed by atoms with van der Waals surface area (Å²) in [7, 11) is 0. The molecule has 1 heterocycles. The Morgan fingerprint density at radius 2 is 1.94 bits per heavy atom. The molecule has 2 rings (SSSR count). The molecule has 92 valence electrons. The van der Waals surface area contributed by atoms with Gasteiger partial charge in [0.25, 0.3) is 5.91 Å². The molecule has 4 heteroatoms. The van der Waals surface area contributed by atoms with Crippen LogP contribution in [0.15, 0.2) is 48.7 Å². The molecule has 3 N–H and O–H groups in total. The minimum Gasteiger partial charge on any atom is -0.398 e. The Balaban J connectivity index is 2.11. The molecule has 1 aromatic carbocycles. The van der Waals surface area contributed by atoms with Gasteiger partial charge in [-0.15, -0.1) is 0 Å². The smallest absolute Gasteiger partial charge is 0.253 e. The van der Waals surface area contributed by atoms with Gasteiger partial charge in [0.05, 0.1) is 17.3 Å². The van der Waals surface area contributed by atoms with Crippen LogP contribution in [0.1, 0.15) is 29.0 Å². The fourth-order valence-electron chi connectivity index (χ4n) is 1.68. The first kappa shape index (κ1) is 12.1. The van der Waals surface area contributed by atoms with Crippen molar-refractivity contribution in [2.75, 3.05) is 5.73 Å². The fourth-order valence-corrected chi connectivity index (χ4v) is 1.68. The number of hydrogen-bond acceptors (Lipinski definition) is 3. The zero-order chi connectivity index (χ0) is 13.0. The standard InChI is InChI=1S/C14H15N3O/c1-10(13-8-4-5-9-16-13)17-14(18)11-6-2-3-7-12(11)15/h2-10H,15H2,1H3,(H,17,18)/t10-/m0/s1. The van der Waals surface area contributed by atoms with E-state index in [0.29, 0.717) is 11.3 Å². The SMILES string of the molecule is C[C@H](NC(=O)c1ccccc1N)c1ccccn1. The predicted molar refractivity (Wildman–Crippen MR) is 71.0 cm³/mol. The summed E-state index contributed by atoms with van der Waals surface area (Å²) in [4.78, 5) is 16.2. The number of para-hydroxylation sites is 1. The number of nitrogens with one attached hydrogen (secondary N) is 1. The lowest BCUT2D eigenvalue weighted by Crippen LogP contribution is -2.27. The second kappa shape index (κ2) is 5.31. The zero-order valence-electron chi connectivity index (χ0n) is 10.1. The van der Waals surface area contributed by atoms with Crippen molar-refractivity contribution < 1.29 is 4.79 Å². The van der Waals surface area contributed by atoms with Crippen molar-refractivity contribution in [3.8, 4) is 0 Å². The lowest BCUT2D eigenvalue weighted by molar-refractivity contribution is 0.0940. The lowest BCUT2D eigenvalue weighted by atomic mass is 10.1. The van der Waals surface area contributed by atoms with Crippen molar-refractivity contribution in [2.45, 2.75) is 13.0 Å². The number of amides is 1. The number of nitrogen functional groups attached to an aromatic ring is 1. The molecule has 0 fully saturated rings. The number of aromatic nitrogens is 1. The summed E-state index contributed by atoms with van der Waals surface area (Å²) in [5.41, 5.74) is 7.54. The van der Waals surface area contributed by atoms with Crippen molar-refractivity contribution in [2.24, 2.45) is 0 Å². The highest BCUT2D eigenvalue weighted by molar-refractivity contribution is 5.99. The third kappa shape index (κ3) is 2.66. The molecule has 0 saturated heterocycles. The number of hydrogen-bond donors (Lipinski definition) is 2. The number of anilines is 1. The van der Waals surface area contributed by atoms with Crippen molar-refractivity contribution in [3.63, 3.8) is 0 Å². The largest absolute Gasteiger partial charge is 0.398 e. The predicted octanol–water partition coefficient (Wildman–Crippen LogP) is 2.15. The first-order valence-electron chi connectivity index (χ1n) is 5.75. The lowest BCUT2D eigenvalue weighted by Gasteiger charge is -2.14. The van der Waals surface area contributed by atoms with Crippen molar-refractivity contribution in [1.82, 2.24) is 10.3 Å². The number of carbonyl (C=O) groups is 1. The quantitative estimate of drug-likeness (QED) is 0.809. The number of nitrogens with two attached hydrogens (primary N) is 1.